The average molecular weight is 365 g/mol. The van der Waals surface area contributed by atoms with Gasteiger partial charge in [-0.05, 0) is 23.8 Å². The summed E-state index contributed by atoms with van der Waals surface area (Å²) in [6.45, 7) is -0.285. The van der Waals surface area contributed by atoms with Crippen LogP contribution in [0.15, 0.2) is 54.7 Å². The number of nitro benzene ring substituents is 1. The smallest absolute Gasteiger partial charge is 0.310 e. The van der Waals surface area contributed by atoms with Gasteiger partial charge >= 0.3 is 5.97 Å². The number of primary amides is 1. The van der Waals surface area contributed by atoms with Crippen LogP contribution in [-0.2, 0) is 22.6 Å². The zero-order valence-corrected chi connectivity index (χ0v) is 14.1. The van der Waals surface area contributed by atoms with Gasteiger partial charge in [0.2, 0.25) is 5.91 Å². The van der Waals surface area contributed by atoms with E-state index >= 15 is 0 Å². The van der Waals surface area contributed by atoms with Gasteiger partial charge in [0, 0.05) is 23.2 Å². The third kappa shape index (κ3) is 4.06. The minimum absolute atomic E-state index is 0.0124. The number of fused-ring (bicyclic) bond motifs is 1. The highest BCUT2D eigenvalue weighted by molar-refractivity contribution is 5.93. The molecule has 136 valence electrons. The minimum atomic E-state index is -0.773. The second kappa shape index (κ2) is 7.61. The van der Waals surface area contributed by atoms with Crippen molar-refractivity contribution in [3.63, 3.8) is 0 Å². The quantitative estimate of drug-likeness (QED) is 0.406. The van der Waals surface area contributed by atoms with E-state index in [1.54, 1.807) is 18.3 Å². The summed E-state index contributed by atoms with van der Waals surface area (Å²) in [7, 11) is 0. The molecule has 0 spiro atoms. The van der Waals surface area contributed by atoms with Crippen LogP contribution in [0.3, 0.4) is 0 Å². The second-order valence-corrected chi connectivity index (χ2v) is 5.79. The van der Waals surface area contributed by atoms with Crippen LogP contribution >= 0.6 is 0 Å². The Kier molecular flexibility index (Phi) is 5.07. The van der Waals surface area contributed by atoms with Crippen molar-refractivity contribution in [2.24, 2.45) is 5.73 Å². The van der Waals surface area contributed by atoms with E-state index in [2.05, 4.69) is 4.98 Å². The van der Waals surface area contributed by atoms with Crippen molar-refractivity contribution in [2.75, 3.05) is 0 Å². The van der Waals surface area contributed by atoms with Crippen molar-refractivity contribution in [1.29, 1.82) is 0 Å². The Hall–Kier alpha value is -3.81. The minimum Gasteiger partial charge on any atom is -0.460 e. The van der Waals surface area contributed by atoms with Crippen molar-refractivity contribution in [2.45, 2.75) is 13.0 Å². The van der Waals surface area contributed by atoms with Crippen molar-refractivity contribution in [3.8, 4) is 0 Å². The predicted molar refractivity (Wildman–Crippen MR) is 96.9 cm³/mol. The van der Waals surface area contributed by atoms with Gasteiger partial charge in [-0.1, -0.05) is 24.3 Å². The zero-order chi connectivity index (χ0) is 19.4. The molecule has 8 nitrogen and oxygen atoms in total. The summed E-state index contributed by atoms with van der Waals surface area (Å²) >= 11 is 0. The van der Waals surface area contributed by atoms with Crippen LogP contribution in [-0.4, -0.2) is 21.8 Å². The maximum Gasteiger partial charge on any atom is 0.310 e. The van der Waals surface area contributed by atoms with Gasteiger partial charge in [0.15, 0.2) is 0 Å². The van der Waals surface area contributed by atoms with Crippen LogP contribution in [0.1, 0.15) is 21.5 Å². The van der Waals surface area contributed by atoms with Gasteiger partial charge < -0.3 is 10.5 Å². The molecule has 0 atom stereocenters. The highest BCUT2D eigenvalue weighted by Gasteiger charge is 2.18. The number of nitrogens with two attached hydrogens (primary N) is 1. The van der Waals surface area contributed by atoms with Gasteiger partial charge in [-0.25, -0.2) is 0 Å². The molecule has 2 N–H and O–H groups in total. The molecular weight excluding hydrogens is 350 g/mol. The maximum absolute atomic E-state index is 12.2. The Morgan fingerprint density at radius 1 is 1.11 bits per heavy atom. The number of nitrogens with zero attached hydrogens (tertiary/aromatic N) is 2. The van der Waals surface area contributed by atoms with Crippen molar-refractivity contribution < 1.29 is 19.2 Å². The molecule has 27 heavy (non-hydrogen) atoms. The van der Waals surface area contributed by atoms with Gasteiger partial charge in [-0.15, -0.1) is 0 Å². The molecule has 0 unspecified atom stereocenters. The van der Waals surface area contributed by atoms with E-state index in [9.17, 15) is 19.7 Å². The third-order valence-electron chi connectivity index (χ3n) is 4.01. The van der Waals surface area contributed by atoms with Crippen molar-refractivity contribution >= 4 is 28.5 Å². The number of ether oxygens (including phenoxy) is 1. The fourth-order valence-corrected chi connectivity index (χ4v) is 2.68. The molecule has 0 aliphatic carbocycles. The normalized spacial score (nSPS) is 10.5. The Morgan fingerprint density at radius 2 is 1.89 bits per heavy atom. The van der Waals surface area contributed by atoms with Crippen molar-refractivity contribution in [3.05, 3.63) is 81.5 Å². The zero-order valence-electron chi connectivity index (χ0n) is 14.1. The largest absolute Gasteiger partial charge is 0.460 e. The van der Waals surface area contributed by atoms with Gasteiger partial charge in [-0.3, -0.25) is 24.7 Å². The molecule has 1 amide bonds. The molecule has 0 saturated carbocycles. The Balaban J connectivity index is 1.74. The number of carbonyl (C=O) groups excluding carboxylic acids is 2. The number of benzene rings is 2. The summed E-state index contributed by atoms with van der Waals surface area (Å²) in [5.74, 6) is -1.31. The molecule has 0 aliphatic rings. The third-order valence-corrected chi connectivity index (χ3v) is 4.01. The van der Waals surface area contributed by atoms with Crippen LogP contribution in [0.2, 0.25) is 0 Å². The Morgan fingerprint density at radius 3 is 2.63 bits per heavy atom. The molecule has 0 saturated heterocycles. The molecule has 2 aromatic carbocycles. The van der Waals surface area contributed by atoms with E-state index < -0.39 is 16.8 Å². The first-order valence-corrected chi connectivity index (χ1v) is 8.01. The number of carbonyl (C=O) groups is 2. The standard InChI is InChI=1S/C19H15N3O5/c20-19(24)14-6-7-15(16(9-14)22(25)26)11-27-17(23)10-13-4-1-3-12-5-2-8-21-18(12)13/h1-9H,10-11H2,(H2,20,24). The first-order valence-electron chi connectivity index (χ1n) is 8.01. The van der Waals surface area contributed by atoms with E-state index in [1.807, 2.05) is 18.2 Å². The van der Waals surface area contributed by atoms with Crippen LogP contribution < -0.4 is 5.73 Å². The number of nitro groups is 1. The van der Waals surface area contributed by atoms with Crippen LogP contribution in [0.4, 0.5) is 5.69 Å². The SMILES string of the molecule is NC(=O)c1ccc(COC(=O)Cc2cccc3cccnc23)c([N+](=O)[O-])c1. The molecule has 3 rings (SSSR count). The molecule has 0 aliphatic heterocycles. The fourth-order valence-electron chi connectivity index (χ4n) is 2.68. The van der Waals surface area contributed by atoms with Gasteiger partial charge in [0.05, 0.1) is 22.4 Å². The van der Waals surface area contributed by atoms with Gasteiger partial charge in [-0.2, -0.15) is 0 Å². The number of esters is 1. The molecule has 0 bridgehead atoms. The van der Waals surface area contributed by atoms with E-state index in [-0.39, 0.29) is 29.8 Å². The highest BCUT2D eigenvalue weighted by Crippen LogP contribution is 2.22. The molecular formula is C19H15N3O5. The van der Waals surface area contributed by atoms with E-state index in [1.165, 1.54) is 12.1 Å². The van der Waals surface area contributed by atoms with Gasteiger partial charge in [0.1, 0.15) is 6.61 Å². The van der Waals surface area contributed by atoms with Crippen LogP contribution in [0.25, 0.3) is 10.9 Å². The Labute approximate surface area is 153 Å². The number of rotatable bonds is 6. The average Bonchev–Trinajstić information content (AvgIpc) is 2.66. The highest BCUT2D eigenvalue weighted by atomic mass is 16.6. The van der Waals surface area contributed by atoms with Gasteiger partial charge in [0.25, 0.3) is 5.69 Å². The van der Waals surface area contributed by atoms with Crippen LogP contribution in [0, 0.1) is 10.1 Å². The number of pyridine rings is 1. The maximum atomic E-state index is 12.2. The topological polar surface area (TPSA) is 125 Å². The van der Waals surface area contributed by atoms with E-state index in [0.717, 1.165) is 11.5 Å². The summed E-state index contributed by atoms with van der Waals surface area (Å²) in [5.41, 5.74) is 6.40. The summed E-state index contributed by atoms with van der Waals surface area (Å²) in [6.07, 6.45) is 1.63. The monoisotopic (exact) mass is 365 g/mol. The molecule has 8 heteroatoms. The fraction of sp³-hybridized carbons (Fsp3) is 0.105. The lowest BCUT2D eigenvalue weighted by Crippen LogP contribution is -2.13. The summed E-state index contributed by atoms with van der Waals surface area (Å²) in [6, 6.07) is 13.0. The lowest BCUT2D eigenvalue weighted by atomic mass is 10.1. The number of hydrogen-bond donors (Lipinski definition) is 1. The summed E-state index contributed by atoms with van der Waals surface area (Å²) in [5, 5.41) is 12.1. The number of para-hydroxylation sites is 1. The lowest BCUT2D eigenvalue weighted by molar-refractivity contribution is -0.385. The number of amides is 1. The number of aromatic nitrogens is 1. The molecule has 0 radical (unpaired) electrons. The molecule has 1 aromatic heterocycles. The van der Waals surface area contributed by atoms with Crippen molar-refractivity contribution in [1.82, 2.24) is 4.98 Å². The summed E-state index contributed by atoms with van der Waals surface area (Å²) < 4.78 is 5.18. The second-order valence-electron chi connectivity index (χ2n) is 5.79. The first kappa shape index (κ1) is 18.0. The molecule has 3 aromatic rings. The predicted octanol–water partition coefficient (Wildman–Crippen LogP) is 2.53. The first-order chi connectivity index (χ1) is 13.0. The Bertz CT molecular complexity index is 1040. The van der Waals surface area contributed by atoms with E-state index in [4.69, 9.17) is 10.5 Å². The van der Waals surface area contributed by atoms with Crippen LogP contribution in [0.5, 0.6) is 0 Å². The number of hydrogen-bond acceptors (Lipinski definition) is 6. The molecule has 0 fully saturated rings. The van der Waals surface area contributed by atoms with E-state index in [0.29, 0.717) is 11.1 Å². The molecule has 1 heterocycles. The summed E-state index contributed by atoms with van der Waals surface area (Å²) in [4.78, 5) is 38.2. The lowest BCUT2D eigenvalue weighted by Gasteiger charge is -2.08.